The fraction of sp³-hybridized carbons (Fsp3) is 0.0667. The van der Waals surface area contributed by atoms with Crippen LogP contribution < -0.4 is 5.32 Å². The maximum atomic E-state index is 12.1. The average Bonchev–Trinajstić information content (AvgIpc) is 2.47. The van der Waals surface area contributed by atoms with Crippen molar-refractivity contribution in [3.05, 3.63) is 58.6 Å². The number of nitrogens with zero attached hydrogens (tertiary/aromatic N) is 1. The SMILES string of the molecule is N#Cc1ccccc1NC(=O)CS(=O)c1cccc(Br)c1. The number of hydrogen-bond donors (Lipinski definition) is 1. The van der Waals surface area contributed by atoms with Gasteiger partial charge in [-0.05, 0) is 30.3 Å². The van der Waals surface area contributed by atoms with Crippen molar-refractivity contribution in [1.82, 2.24) is 0 Å². The highest BCUT2D eigenvalue weighted by molar-refractivity contribution is 9.10. The summed E-state index contributed by atoms with van der Waals surface area (Å²) in [5, 5.41) is 11.6. The van der Waals surface area contributed by atoms with Gasteiger partial charge in [0.1, 0.15) is 11.8 Å². The number of amides is 1. The monoisotopic (exact) mass is 362 g/mol. The molecular weight excluding hydrogens is 352 g/mol. The summed E-state index contributed by atoms with van der Waals surface area (Å²) in [7, 11) is -1.43. The third kappa shape index (κ3) is 4.25. The Morgan fingerprint density at radius 3 is 2.71 bits per heavy atom. The summed E-state index contributed by atoms with van der Waals surface area (Å²) >= 11 is 3.30. The van der Waals surface area contributed by atoms with Crippen LogP contribution in [0.15, 0.2) is 57.9 Å². The molecule has 1 atom stereocenters. The largest absolute Gasteiger partial charge is 0.324 e. The lowest BCUT2D eigenvalue weighted by Gasteiger charge is -2.07. The van der Waals surface area contributed by atoms with Gasteiger partial charge in [-0.1, -0.05) is 34.1 Å². The second-order valence-electron chi connectivity index (χ2n) is 4.15. The molecule has 0 heterocycles. The summed E-state index contributed by atoms with van der Waals surface area (Å²) in [6.45, 7) is 0. The number of hydrogen-bond acceptors (Lipinski definition) is 3. The fourth-order valence-electron chi connectivity index (χ4n) is 1.69. The number of para-hydroxylation sites is 1. The van der Waals surface area contributed by atoms with Crippen molar-refractivity contribution >= 4 is 38.3 Å². The first-order chi connectivity index (χ1) is 10.1. The van der Waals surface area contributed by atoms with Gasteiger partial charge in [0.25, 0.3) is 0 Å². The Bertz CT molecular complexity index is 740. The summed E-state index contributed by atoms with van der Waals surface area (Å²) in [5.74, 6) is -0.549. The van der Waals surface area contributed by atoms with Gasteiger partial charge >= 0.3 is 0 Å². The second-order valence-corrected chi connectivity index (χ2v) is 6.52. The lowest BCUT2D eigenvalue weighted by atomic mass is 10.2. The van der Waals surface area contributed by atoms with E-state index in [1.165, 1.54) is 0 Å². The first-order valence-corrected chi connectivity index (χ1v) is 8.14. The smallest absolute Gasteiger partial charge is 0.237 e. The van der Waals surface area contributed by atoms with Crippen LogP contribution in [0.1, 0.15) is 5.56 Å². The molecule has 0 aromatic heterocycles. The van der Waals surface area contributed by atoms with E-state index >= 15 is 0 Å². The molecule has 2 aromatic carbocycles. The standard InChI is InChI=1S/C15H11BrN2O2S/c16-12-5-3-6-13(8-12)21(20)10-15(19)18-14-7-2-1-4-11(14)9-17/h1-8H,10H2,(H,18,19). The van der Waals surface area contributed by atoms with Gasteiger partial charge in [0.15, 0.2) is 0 Å². The molecule has 0 aliphatic rings. The zero-order valence-corrected chi connectivity index (χ0v) is 13.3. The second kappa shape index (κ2) is 7.16. The molecule has 0 aliphatic heterocycles. The van der Waals surface area contributed by atoms with Gasteiger partial charge in [-0.2, -0.15) is 5.26 Å². The Kier molecular flexibility index (Phi) is 5.26. The van der Waals surface area contributed by atoms with E-state index < -0.39 is 16.7 Å². The summed E-state index contributed by atoms with van der Waals surface area (Å²) < 4.78 is 12.9. The molecule has 1 N–H and O–H groups in total. The first-order valence-electron chi connectivity index (χ1n) is 6.03. The molecule has 21 heavy (non-hydrogen) atoms. The molecule has 0 saturated carbocycles. The van der Waals surface area contributed by atoms with E-state index in [4.69, 9.17) is 5.26 Å². The van der Waals surface area contributed by atoms with Crippen LogP contribution in [0, 0.1) is 11.3 Å². The van der Waals surface area contributed by atoms with Crippen LogP contribution in [0.4, 0.5) is 5.69 Å². The van der Waals surface area contributed by atoms with Crippen LogP contribution >= 0.6 is 15.9 Å². The highest BCUT2D eigenvalue weighted by atomic mass is 79.9. The molecule has 0 saturated heterocycles. The van der Waals surface area contributed by atoms with E-state index in [2.05, 4.69) is 21.2 Å². The van der Waals surface area contributed by atoms with Crippen molar-refractivity contribution in [3.63, 3.8) is 0 Å². The van der Waals surface area contributed by atoms with Gasteiger partial charge in [0.05, 0.1) is 22.1 Å². The normalized spacial score (nSPS) is 11.4. The van der Waals surface area contributed by atoms with E-state index in [0.29, 0.717) is 16.1 Å². The highest BCUT2D eigenvalue weighted by Crippen LogP contribution is 2.16. The molecule has 4 nitrogen and oxygen atoms in total. The topological polar surface area (TPSA) is 70.0 Å². The van der Waals surface area contributed by atoms with E-state index in [1.807, 2.05) is 12.1 Å². The van der Waals surface area contributed by atoms with Crippen LogP contribution in [0.25, 0.3) is 0 Å². The Hall–Kier alpha value is -1.97. The Balaban J connectivity index is 2.05. The highest BCUT2D eigenvalue weighted by Gasteiger charge is 2.12. The minimum atomic E-state index is -1.43. The van der Waals surface area contributed by atoms with E-state index in [0.717, 1.165) is 4.47 Å². The fourth-order valence-corrected chi connectivity index (χ4v) is 3.20. The molecule has 1 unspecified atom stereocenters. The van der Waals surface area contributed by atoms with Gasteiger partial charge < -0.3 is 5.32 Å². The summed E-state index contributed by atoms with van der Waals surface area (Å²) in [4.78, 5) is 12.5. The number of benzene rings is 2. The predicted octanol–water partition coefficient (Wildman–Crippen LogP) is 3.07. The maximum absolute atomic E-state index is 12.1. The lowest BCUT2D eigenvalue weighted by molar-refractivity contribution is -0.113. The third-order valence-electron chi connectivity index (χ3n) is 2.64. The van der Waals surface area contributed by atoms with Gasteiger partial charge in [-0.15, -0.1) is 0 Å². The summed E-state index contributed by atoms with van der Waals surface area (Å²) in [6, 6.07) is 15.7. The number of nitrogens with one attached hydrogen (secondary N) is 1. The molecule has 6 heteroatoms. The Labute approximate surface area is 133 Å². The van der Waals surface area contributed by atoms with Crippen molar-refractivity contribution in [2.45, 2.75) is 4.90 Å². The maximum Gasteiger partial charge on any atom is 0.237 e. The number of carbonyl (C=O) groups excluding carboxylic acids is 1. The van der Waals surface area contributed by atoms with Gasteiger partial charge in [0, 0.05) is 9.37 Å². The molecule has 0 bridgehead atoms. The van der Waals surface area contributed by atoms with Crippen LogP contribution in [0.2, 0.25) is 0 Å². The summed E-state index contributed by atoms with van der Waals surface area (Å²) in [6.07, 6.45) is 0. The van der Waals surface area contributed by atoms with Crippen molar-refractivity contribution in [2.24, 2.45) is 0 Å². The molecule has 0 spiro atoms. The molecule has 2 rings (SSSR count). The number of nitriles is 1. The molecule has 0 fully saturated rings. The molecule has 0 radical (unpaired) electrons. The quantitative estimate of drug-likeness (QED) is 0.908. The average molecular weight is 363 g/mol. The minimum Gasteiger partial charge on any atom is -0.324 e. The van der Waals surface area contributed by atoms with Gasteiger partial charge in [-0.25, -0.2) is 0 Å². The molecule has 106 valence electrons. The zero-order valence-electron chi connectivity index (χ0n) is 10.9. The van der Waals surface area contributed by atoms with Gasteiger partial charge in [0.2, 0.25) is 5.91 Å². The van der Waals surface area contributed by atoms with Crippen LogP contribution in [0.5, 0.6) is 0 Å². The van der Waals surface area contributed by atoms with Crippen LogP contribution in [-0.4, -0.2) is 15.9 Å². The van der Waals surface area contributed by atoms with E-state index in [-0.39, 0.29) is 5.75 Å². The lowest BCUT2D eigenvalue weighted by Crippen LogP contribution is -2.20. The molecule has 2 aromatic rings. The third-order valence-corrected chi connectivity index (χ3v) is 4.44. The number of rotatable bonds is 4. The van der Waals surface area contributed by atoms with Crippen LogP contribution in [-0.2, 0) is 15.6 Å². The van der Waals surface area contributed by atoms with Crippen molar-refractivity contribution in [3.8, 4) is 6.07 Å². The molecule has 0 aliphatic carbocycles. The van der Waals surface area contributed by atoms with Crippen molar-refractivity contribution < 1.29 is 9.00 Å². The van der Waals surface area contributed by atoms with Crippen molar-refractivity contribution in [2.75, 3.05) is 11.1 Å². The Morgan fingerprint density at radius 1 is 1.24 bits per heavy atom. The predicted molar refractivity (Wildman–Crippen MR) is 85.2 cm³/mol. The Morgan fingerprint density at radius 2 is 2.00 bits per heavy atom. The molecule has 1 amide bonds. The van der Waals surface area contributed by atoms with Gasteiger partial charge in [-0.3, -0.25) is 9.00 Å². The van der Waals surface area contributed by atoms with Crippen molar-refractivity contribution in [1.29, 1.82) is 5.26 Å². The molecular formula is C15H11BrN2O2S. The summed E-state index contributed by atoms with van der Waals surface area (Å²) in [5.41, 5.74) is 0.801. The number of anilines is 1. The number of carbonyl (C=O) groups is 1. The number of halogens is 1. The van der Waals surface area contributed by atoms with Crippen LogP contribution in [0.3, 0.4) is 0 Å². The van der Waals surface area contributed by atoms with E-state index in [1.54, 1.807) is 42.5 Å². The first kappa shape index (κ1) is 15.4. The zero-order chi connectivity index (χ0) is 15.2. The van der Waals surface area contributed by atoms with E-state index in [9.17, 15) is 9.00 Å². The minimum absolute atomic E-state index is 0.157.